The van der Waals surface area contributed by atoms with E-state index < -0.39 is 12.0 Å². The lowest BCUT2D eigenvalue weighted by Crippen LogP contribution is -2.51. The minimum absolute atomic E-state index is 0.0938. The Labute approximate surface area is 104 Å². The van der Waals surface area contributed by atoms with Crippen LogP contribution in [0.3, 0.4) is 0 Å². The van der Waals surface area contributed by atoms with Crippen molar-refractivity contribution in [3.63, 3.8) is 0 Å². The Morgan fingerprint density at radius 1 is 1.56 bits per heavy atom. The monoisotopic (exact) mass is 252 g/mol. The number of hydrogen-bond acceptors (Lipinski definition) is 4. The van der Waals surface area contributed by atoms with Crippen molar-refractivity contribution in [3.8, 4) is 0 Å². The summed E-state index contributed by atoms with van der Waals surface area (Å²) in [6, 6.07) is -0.401. The van der Waals surface area contributed by atoms with E-state index in [1.54, 1.807) is 11.9 Å². The Morgan fingerprint density at radius 2 is 2.22 bits per heavy atom. The summed E-state index contributed by atoms with van der Waals surface area (Å²) in [4.78, 5) is 29.3. The number of aromatic nitrogens is 1. The van der Waals surface area contributed by atoms with Gasteiger partial charge in [0, 0.05) is 19.8 Å². The number of fused-ring (bicyclic) bond motifs is 1. The first-order chi connectivity index (χ1) is 8.41. The Hall–Kier alpha value is -2.02. The molecule has 3 N–H and O–H groups in total. The SMILES string of the molecule is CN(C)CC1C(=O)Nc2c[nH]c(C(=O)O)c2N1C. The maximum absolute atomic E-state index is 11.9. The van der Waals surface area contributed by atoms with Crippen LogP contribution in [0.25, 0.3) is 0 Å². The van der Waals surface area contributed by atoms with E-state index in [0.717, 1.165) is 0 Å². The van der Waals surface area contributed by atoms with Gasteiger partial charge in [-0.15, -0.1) is 0 Å². The van der Waals surface area contributed by atoms with E-state index >= 15 is 0 Å². The standard InChI is InChI=1S/C11H16N4O3/c1-14(2)5-7-10(16)13-6-4-12-8(11(17)18)9(6)15(7)3/h4,7,12H,5H2,1-3H3,(H,13,16)(H,17,18). The number of nitrogens with zero attached hydrogens (tertiary/aromatic N) is 2. The van der Waals surface area contributed by atoms with Crippen LogP contribution >= 0.6 is 0 Å². The van der Waals surface area contributed by atoms with Crippen LogP contribution in [0.4, 0.5) is 11.4 Å². The van der Waals surface area contributed by atoms with Crippen molar-refractivity contribution < 1.29 is 14.7 Å². The van der Waals surface area contributed by atoms with Crippen molar-refractivity contribution in [2.24, 2.45) is 0 Å². The fraction of sp³-hybridized carbons (Fsp3) is 0.455. The number of carbonyl (C=O) groups excluding carboxylic acids is 1. The number of anilines is 2. The largest absolute Gasteiger partial charge is 0.477 e. The molecule has 0 saturated heterocycles. The Balaban J connectivity index is 2.40. The summed E-state index contributed by atoms with van der Waals surface area (Å²) in [5, 5.41) is 11.8. The van der Waals surface area contributed by atoms with Crippen LogP contribution in [0.2, 0.25) is 0 Å². The molecule has 0 aliphatic carbocycles. The summed E-state index contributed by atoms with van der Waals surface area (Å²) in [7, 11) is 5.46. The van der Waals surface area contributed by atoms with E-state index in [-0.39, 0.29) is 11.6 Å². The summed E-state index contributed by atoms with van der Waals surface area (Å²) in [5.74, 6) is -1.17. The highest BCUT2D eigenvalue weighted by atomic mass is 16.4. The van der Waals surface area contributed by atoms with E-state index in [1.807, 2.05) is 19.0 Å². The minimum Gasteiger partial charge on any atom is -0.477 e. The first-order valence-corrected chi connectivity index (χ1v) is 5.55. The lowest BCUT2D eigenvalue weighted by Gasteiger charge is -2.35. The molecule has 1 aromatic rings. The molecule has 2 heterocycles. The Kier molecular flexibility index (Phi) is 3.00. The molecule has 1 aliphatic heterocycles. The highest BCUT2D eigenvalue weighted by molar-refractivity contribution is 6.08. The zero-order chi connectivity index (χ0) is 13.4. The number of amides is 1. The van der Waals surface area contributed by atoms with Gasteiger partial charge in [-0.05, 0) is 14.1 Å². The van der Waals surface area contributed by atoms with Crippen molar-refractivity contribution in [2.45, 2.75) is 6.04 Å². The first-order valence-electron chi connectivity index (χ1n) is 5.55. The first kappa shape index (κ1) is 12.4. The topological polar surface area (TPSA) is 88.7 Å². The average Bonchev–Trinajstić information content (AvgIpc) is 2.67. The maximum atomic E-state index is 11.9. The van der Waals surface area contributed by atoms with E-state index in [9.17, 15) is 9.59 Å². The number of hydrogen-bond donors (Lipinski definition) is 3. The van der Waals surface area contributed by atoms with Gasteiger partial charge in [0.05, 0.1) is 11.4 Å². The van der Waals surface area contributed by atoms with Crippen molar-refractivity contribution in [3.05, 3.63) is 11.9 Å². The molecule has 1 amide bonds. The Morgan fingerprint density at radius 3 is 2.78 bits per heavy atom. The number of carbonyl (C=O) groups is 2. The van der Waals surface area contributed by atoms with Crippen LogP contribution in [-0.2, 0) is 4.79 Å². The van der Waals surface area contributed by atoms with Crippen molar-refractivity contribution in [2.75, 3.05) is 37.9 Å². The Bertz CT molecular complexity index is 494. The van der Waals surface area contributed by atoms with Crippen molar-refractivity contribution in [1.29, 1.82) is 0 Å². The third kappa shape index (κ3) is 1.92. The molecule has 1 aromatic heterocycles. The van der Waals surface area contributed by atoms with Gasteiger partial charge in [-0.2, -0.15) is 0 Å². The number of likely N-dealkylation sites (N-methyl/N-ethyl adjacent to an activating group) is 2. The molecule has 7 heteroatoms. The predicted octanol–water partition coefficient (Wildman–Crippen LogP) is 0.0314. The molecule has 0 radical (unpaired) electrons. The number of H-pyrrole nitrogens is 1. The molecule has 0 fully saturated rings. The molecule has 98 valence electrons. The molecule has 0 spiro atoms. The van der Waals surface area contributed by atoms with Gasteiger partial charge in [-0.3, -0.25) is 4.79 Å². The number of rotatable bonds is 3. The predicted molar refractivity (Wildman–Crippen MR) is 67.1 cm³/mol. The van der Waals surface area contributed by atoms with Gasteiger partial charge in [0.15, 0.2) is 5.69 Å². The van der Waals surface area contributed by atoms with Gasteiger partial charge >= 0.3 is 5.97 Å². The summed E-state index contributed by atoms with van der Waals surface area (Å²) in [5.41, 5.74) is 1.13. The number of carboxylic acids is 1. The lowest BCUT2D eigenvalue weighted by atomic mass is 10.1. The number of aromatic carboxylic acids is 1. The quantitative estimate of drug-likeness (QED) is 0.706. The van der Waals surface area contributed by atoms with Crippen LogP contribution in [0.5, 0.6) is 0 Å². The molecular formula is C11H16N4O3. The minimum atomic E-state index is -1.04. The van der Waals surface area contributed by atoms with Crippen LogP contribution in [-0.4, -0.2) is 60.6 Å². The lowest BCUT2D eigenvalue weighted by molar-refractivity contribution is -0.117. The van der Waals surface area contributed by atoms with Crippen LogP contribution in [0.1, 0.15) is 10.5 Å². The number of carboxylic acid groups (broad SMARTS) is 1. The maximum Gasteiger partial charge on any atom is 0.354 e. The summed E-state index contributed by atoms with van der Waals surface area (Å²) in [6.45, 7) is 0.520. The van der Waals surface area contributed by atoms with Crippen molar-refractivity contribution >= 4 is 23.3 Å². The second-order valence-corrected chi connectivity index (χ2v) is 4.61. The van der Waals surface area contributed by atoms with E-state index in [1.165, 1.54) is 6.20 Å². The van der Waals surface area contributed by atoms with Crippen LogP contribution in [0, 0.1) is 0 Å². The molecule has 1 atom stereocenters. The van der Waals surface area contributed by atoms with Gasteiger partial charge in [0.1, 0.15) is 6.04 Å². The van der Waals surface area contributed by atoms with E-state index in [0.29, 0.717) is 17.9 Å². The fourth-order valence-electron chi connectivity index (χ4n) is 2.14. The zero-order valence-electron chi connectivity index (χ0n) is 10.5. The molecule has 0 bridgehead atoms. The number of aromatic amines is 1. The molecule has 18 heavy (non-hydrogen) atoms. The van der Waals surface area contributed by atoms with Gasteiger partial charge in [-0.1, -0.05) is 0 Å². The molecule has 2 rings (SSSR count). The van der Waals surface area contributed by atoms with Gasteiger partial charge < -0.3 is 25.2 Å². The molecular weight excluding hydrogens is 236 g/mol. The number of nitrogens with one attached hydrogen (secondary N) is 2. The van der Waals surface area contributed by atoms with Crippen molar-refractivity contribution in [1.82, 2.24) is 9.88 Å². The molecule has 7 nitrogen and oxygen atoms in total. The second-order valence-electron chi connectivity index (χ2n) is 4.61. The third-order valence-electron chi connectivity index (χ3n) is 2.99. The van der Waals surface area contributed by atoms with E-state index in [4.69, 9.17) is 5.11 Å². The van der Waals surface area contributed by atoms with Gasteiger partial charge in [0.25, 0.3) is 0 Å². The van der Waals surface area contributed by atoms with Gasteiger partial charge in [-0.25, -0.2) is 4.79 Å². The normalized spacial score (nSPS) is 18.8. The van der Waals surface area contributed by atoms with E-state index in [2.05, 4.69) is 10.3 Å². The summed E-state index contributed by atoms with van der Waals surface area (Å²) >= 11 is 0. The zero-order valence-corrected chi connectivity index (χ0v) is 10.5. The smallest absolute Gasteiger partial charge is 0.354 e. The summed E-state index contributed by atoms with van der Waals surface area (Å²) in [6.07, 6.45) is 1.50. The molecule has 0 aromatic carbocycles. The highest BCUT2D eigenvalue weighted by Crippen LogP contribution is 2.34. The third-order valence-corrected chi connectivity index (χ3v) is 2.99. The fourth-order valence-corrected chi connectivity index (χ4v) is 2.14. The van der Waals surface area contributed by atoms with Gasteiger partial charge in [0.2, 0.25) is 5.91 Å². The van der Waals surface area contributed by atoms with Crippen LogP contribution < -0.4 is 10.2 Å². The molecule has 0 saturated carbocycles. The molecule has 1 aliphatic rings. The average molecular weight is 252 g/mol. The summed E-state index contributed by atoms with van der Waals surface area (Å²) < 4.78 is 0. The molecule has 1 unspecified atom stereocenters. The second kappa shape index (κ2) is 4.34. The van der Waals surface area contributed by atoms with Crippen LogP contribution in [0.15, 0.2) is 6.20 Å². The highest BCUT2D eigenvalue weighted by Gasteiger charge is 2.34.